The number of likely N-dealkylation sites (tertiary alicyclic amines) is 1. The van der Waals surface area contributed by atoms with Crippen molar-refractivity contribution in [3.8, 4) is 5.75 Å². The van der Waals surface area contributed by atoms with Crippen molar-refractivity contribution in [2.24, 2.45) is 17.8 Å². The van der Waals surface area contributed by atoms with Crippen molar-refractivity contribution in [1.82, 2.24) is 4.90 Å². The van der Waals surface area contributed by atoms with Crippen LogP contribution in [0.1, 0.15) is 88.3 Å². The number of carbonyl (C=O) groups excluding carboxylic acids is 2. The molecule has 2 aliphatic carbocycles. The van der Waals surface area contributed by atoms with E-state index < -0.39 is 7.12 Å². The molecule has 2 saturated heterocycles. The van der Waals surface area contributed by atoms with Crippen LogP contribution in [-0.2, 0) is 14.2 Å². The highest BCUT2D eigenvalue weighted by molar-refractivity contribution is 6.43. The maximum Gasteiger partial charge on any atom is 0.455 e. The summed E-state index contributed by atoms with van der Waals surface area (Å²) in [6.45, 7) is 8.04. The summed E-state index contributed by atoms with van der Waals surface area (Å²) in [6.07, 6.45) is 10.4. The normalized spacial score (nSPS) is 28.7. The molecule has 204 valence electrons. The zero-order valence-electron chi connectivity index (χ0n) is 23.3. The Hall–Kier alpha value is -2.38. The lowest BCUT2D eigenvalue weighted by Gasteiger charge is -2.43. The third-order valence-electron chi connectivity index (χ3n) is 9.44. The number of imide groups is 1. The molecule has 0 radical (unpaired) electrons. The average molecular weight is 519 g/mol. The number of hydrogen-bond donors (Lipinski definition) is 2. The van der Waals surface area contributed by atoms with Gasteiger partial charge in [-0.15, -0.1) is 0 Å². The van der Waals surface area contributed by atoms with Gasteiger partial charge in [0.05, 0.1) is 17.9 Å². The van der Waals surface area contributed by atoms with E-state index >= 15 is 0 Å². The van der Waals surface area contributed by atoms with Crippen molar-refractivity contribution >= 4 is 25.0 Å². The lowest BCUT2D eigenvalue weighted by Crippen LogP contribution is -2.46. The molecular weight excluding hydrogens is 477 g/mol. The first-order valence-electron chi connectivity index (χ1n) is 14.6. The molecule has 0 unspecified atom stereocenters. The third kappa shape index (κ3) is 5.00. The zero-order chi connectivity index (χ0) is 27.1. The first-order chi connectivity index (χ1) is 18.2. The smallest absolute Gasteiger partial charge is 0.455 e. The van der Waals surface area contributed by atoms with Gasteiger partial charge in [-0.2, -0.15) is 0 Å². The molecule has 4 atom stereocenters. The minimum absolute atomic E-state index is 0.00782. The van der Waals surface area contributed by atoms with E-state index in [4.69, 9.17) is 4.65 Å². The molecule has 2 heterocycles. The highest BCUT2D eigenvalue weighted by Crippen LogP contribution is 2.52. The van der Waals surface area contributed by atoms with Crippen LogP contribution in [0.25, 0.3) is 6.08 Å². The fourth-order valence-electron chi connectivity index (χ4n) is 7.61. The van der Waals surface area contributed by atoms with E-state index in [2.05, 4.69) is 19.9 Å². The molecule has 6 nitrogen and oxygen atoms in total. The number of hydrogen-bond acceptors (Lipinski definition) is 5. The van der Waals surface area contributed by atoms with E-state index in [1.165, 1.54) is 23.1 Å². The topological polar surface area (TPSA) is 87.1 Å². The summed E-state index contributed by atoms with van der Waals surface area (Å²) < 4.78 is 6.12. The van der Waals surface area contributed by atoms with Crippen LogP contribution in [0.5, 0.6) is 5.75 Å². The van der Waals surface area contributed by atoms with Crippen LogP contribution in [0.2, 0.25) is 6.32 Å². The van der Waals surface area contributed by atoms with E-state index in [0.717, 1.165) is 61.6 Å². The van der Waals surface area contributed by atoms with Crippen LogP contribution in [0, 0.1) is 31.6 Å². The van der Waals surface area contributed by atoms with Gasteiger partial charge >= 0.3 is 7.12 Å². The molecule has 7 heteroatoms. The van der Waals surface area contributed by atoms with Gasteiger partial charge in [0, 0.05) is 6.04 Å². The first kappa shape index (κ1) is 27.2. The van der Waals surface area contributed by atoms with Gasteiger partial charge in [0.15, 0.2) is 0 Å². The van der Waals surface area contributed by atoms with Crippen molar-refractivity contribution in [2.75, 3.05) is 0 Å². The maximum absolute atomic E-state index is 13.8. The molecule has 3 fully saturated rings. The third-order valence-corrected chi connectivity index (χ3v) is 9.44. The number of allylic oxidation sites excluding steroid dienone is 2. The quantitative estimate of drug-likeness (QED) is 0.285. The van der Waals surface area contributed by atoms with Gasteiger partial charge in [0.1, 0.15) is 5.75 Å². The standard InChI is InChI=1S/C31H42BNO5/c1-5-22-16-24-28(31(36)33(30(24)35)23-9-7-6-8-10-23)25-17-32(37)38-26(27(22)25)12-11-18(2)13-21-14-19(3)29(34)20(4)15-21/h13-15,23-26,28,34,37H,5-12,16-17H2,1-4H3/b18-13+/t24-,25+,26-,28-/m1/s1. The number of benzene rings is 1. The van der Waals surface area contributed by atoms with Crippen molar-refractivity contribution in [3.63, 3.8) is 0 Å². The fraction of sp³-hybridized carbons (Fsp3) is 0.613. The summed E-state index contributed by atoms with van der Waals surface area (Å²) in [5.74, 6) is -0.433. The Kier molecular flexibility index (Phi) is 7.88. The van der Waals surface area contributed by atoms with Crippen LogP contribution in [-0.4, -0.2) is 46.1 Å². The van der Waals surface area contributed by atoms with Gasteiger partial charge in [0.25, 0.3) is 0 Å². The molecule has 1 aromatic carbocycles. The predicted molar refractivity (Wildman–Crippen MR) is 149 cm³/mol. The summed E-state index contributed by atoms with van der Waals surface area (Å²) in [5, 5.41) is 20.9. The lowest BCUT2D eigenvalue weighted by atomic mass is 9.58. The largest absolute Gasteiger partial charge is 0.507 e. The number of aromatic hydroxyl groups is 1. The molecule has 0 aromatic heterocycles. The van der Waals surface area contributed by atoms with E-state index in [9.17, 15) is 19.7 Å². The Morgan fingerprint density at radius 3 is 2.45 bits per heavy atom. The fourth-order valence-corrected chi connectivity index (χ4v) is 7.61. The molecule has 1 aromatic rings. The number of rotatable bonds is 6. The van der Waals surface area contributed by atoms with Crippen LogP contribution in [0.3, 0.4) is 0 Å². The molecule has 2 N–H and O–H groups in total. The number of fused-ring (bicyclic) bond motifs is 3. The van der Waals surface area contributed by atoms with Crippen molar-refractivity contribution in [1.29, 1.82) is 0 Å². The molecule has 1 saturated carbocycles. The highest BCUT2D eigenvalue weighted by atomic mass is 16.5. The Labute approximate surface area is 227 Å². The van der Waals surface area contributed by atoms with Gasteiger partial charge < -0.3 is 14.8 Å². The number of phenols is 1. The summed E-state index contributed by atoms with van der Waals surface area (Å²) in [5.41, 5.74) is 6.39. The minimum Gasteiger partial charge on any atom is -0.507 e. The number of aryl methyl sites for hydroxylation is 2. The summed E-state index contributed by atoms with van der Waals surface area (Å²) in [4.78, 5) is 29.0. The molecule has 4 aliphatic rings. The second-order valence-electron chi connectivity index (χ2n) is 12.0. The predicted octanol–water partition coefficient (Wildman–Crippen LogP) is 5.73. The SMILES string of the molecule is CCC1=C2[C@@H](CC/C(C)=C/c3cc(C)c(O)c(C)c3)OB(O)C[C@@H]2[C@@H]2C(=O)N(C3CCCCC3)C(=O)[C@@H]2C1. The van der Waals surface area contributed by atoms with E-state index in [1.54, 1.807) is 4.90 Å². The van der Waals surface area contributed by atoms with Crippen molar-refractivity contribution in [2.45, 2.75) is 104 Å². The van der Waals surface area contributed by atoms with E-state index in [0.29, 0.717) is 18.5 Å². The first-order valence-corrected chi connectivity index (χ1v) is 14.6. The summed E-state index contributed by atoms with van der Waals surface area (Å²) in [6, 6.07) is 4.02. The molecule has 5 rings (SSSR count). The molecule has 0 spiro atoms. The Balaban J connectivity index is 1.37. The number of carbonyl (C=O) groups is 2. The van der Waals surface area contributed by atoms with Gasteiger partial charge in [-0.3, -0.25) is 14.5 Å². The van der Waals surface area contributed by atoms with Crippen LogP contribution in [0.15, 0.2) is 28.9 Å². The summed E-state index contributed by atoms with van der Waals surface area (Å²) >= 11 is 0. The second-order valence-corrected chi connectivity index (χ2v) is 12.0. The Bertz CT molecular complexity index is 1140. The van der Waals surface area contributed by atoms with E-state index in [1.807, 2.05) is 26.0 Å². The van der Waals surface area contributed by atoms with Crippen molar-refractivity contribution in [3.05, 3.63) is 45.5 Å². The lowest BCUT2D eigenvalue weighted by molar-refractivity contribution is -0.143. The molecular formula is C31H42BNO5. The number of nitrogens with zero attached hydrogens (tertiary/aromatic N) is 1. The zero-order valence-corrected chi connectivity index (χ0v) is 23.3. The monoisotopic (exact) mass is 519 g/mol. The van der Waals surface area contributed by atoms with Crippen LogP contribution in [0.4, 0.5) is 0 Å². The van der Waals surface area contributed by atoms with Gasteiger partial charge in [-0.05, 0) is 106 Å². The molecule has 0 bridgehead atoms. The molecule has 2 aliphatic heterocycles. The molecule has 38 heavy (non-hydrogen) atoms. The van der Waals surface area contributed by atoms with Gasteiger partial charge in [-0.25, -0.2) is 0 Å². The van der Waals surface area contributed by atoms with Gasteiger partial charge in [-0.1, -0.05) is 43.4 Å². The average Bonchev–Trinajstić information content (AvgIpc) is 3.15. The summed E-state index contributed by atoms with van der Waals surface area (Å²) in [7, 11) is -0.927. The van der Waals surface area contributed by atoms with Gasteiger partial charge in [0.2, 0.25) is 11.8 Å². The maximum atomic E-state index is 13.8. The van der Waals surface area contributed by atoms with Crippen LogP contribution < -0.4 is 0 Å². The highest BCUT2D eigenvalue weighted by Gasteiger charge is 2.58. The van der Waals surface area contributed by atoms with Crippen molar-refractivity contribution < 1.29 is 24.4 Å². The van der Waals surface area contributed by atoms with Crippen LogP contribution >= 0.6 is 0 Å². The Morgan fingerprint density at radius 2 is 1.79 bits per heavy atom. The second kappa shape index (κ2) is 11.0. The number of amides is 2. The number of phenolic OH excluding ortho intramolecular Hbond substituents is 1. The van der Waals surface area contributed by atoms with E-state index in [-0.39, 0.29) is 41.7 Å². The molecule has 2 amide bonds. The minimum atomic E-state index is -0.927. The Morgan fingerprint density at radius 1 is 1.11 bits per heavy atom.